The Kier molecular flexibility index (Phi) is 9.49. The molecule has 6 rings (SSSR count). The molecule has 0 radical (unpaired) electrons. The number of para-hydroxylation sites is 1. The number of anilines is 6. The minimum atomic E-state index is 0.485. The molecule has 0 aliphatic carbocycles. The van der Waals surface area contributed by atoms with Crippen LogP contribution in [0.2, 0.25) is 5.02 Å². The van der Waals surface area contributed by atoms with Gasteiger partial charge in [0.15, 0.2) is 5.82 Å². The van der Waals surface area contributed by atoms with E-state index in [1.165, 1.54) is 61.5 Å². The van der Waals surface area contributed by atoms with Gasteiger partial charge >= 0.3 is 0 Å². The third-order valence-corrected chi connectivity index (χ3v) is 9.98. The lowest BCUT2D eigenvalue weighted by Gasteiger charge is -2.42. The van der Waals surface area contributed by atoms with Crippen molar-refractivity contribution >= 4 is 58.3 Å². The van der Waals surface area contributed by atoms with E-state index in [4.69, 9.17) is 16.6 Å². The van der Waals surface area contributed by atoms with E-state index in [9.17, 15) is 0 Å². The molecule has 0 bridgehead atoms. The van der Waals surface area contributed by atoms with Crippen LogP contribution in [0.5, 0.6) is 0 Å². The van der Waals surface area contributed by atoms with Crippen LogP contribution in [0.15, 0.2) is 42.6 Å². The SMILES string of the molecule is CCc1cc(N2CCC(N3CCN(C)CC3)CC2)ccc1Nc1ncc(Cl)c(Nc2cccc3c2N(SN(C)C)CC3)n1. The first-order valence-electron chi connectivity index (χ1n) is 15.5. The number of hydrogen-bond donors (Lipinski definition) is 2. The molecular formula is C32H44ClN9S. The molecule has 2 saturated heterocycles. The molecule has 0 spiro atoms. The summed E-state index contributed by atoms with van der Waals surface area (Å²) in [5.41, 5.74) is 7.08. The Morgan fingerprint density at radius 1 is 0.977 bits per heavy atom. The van der Waals surface area contributed by atoms with E-state index in [0.717, 1.165) is 43.9 Å². The van der Waals surface area contributed by atoms with E-state index in [1.807, 2.05) is 0 Å². The average molecular weight is 622 g/mol. The van der Waals surface area contributed by atoms with Gasteiger partial charge in [-0.15, -0.1) is 0 Å². The molecule has 11 heteroatoms. The van der Waals surface area contributed by atoms with Gasteiger partial charge in [-0.25, -0.2) is 9.29 Å². The number of likely N-dealkylation sites (N-methyl/N-ethyl adjacent to an activating group) is 1. The van der Waals surface area contributed by atoms with Crippen LogP contribution in [0.4, 0.5) is 34.5 Å². The molecule has 9 nitrogen and oxygen atoms in total. The molecule has 1 aromatic heterocycles. The van der Waals surface area contributed by atoms with Gasteiger partial charge in [0.05, 0.1) is 17.6 Å². The van der Waals surface area contributed by atoms with E-state index in [-0.39, 0.29) is 0 Å². The quantitative estimate of drug-likeness (QED) is 0.283. The number of fused-ring (bicyclic) bond motifs is 1. The molecular weight excluding hydrogens is 578 g/mol. The maximum atomic E-state index is 6.60. The monoisotopic (exact) mass is 621 g/mol. The number of hydrogen-bond acceptors (Lipinski definition) is 10. The fraction of sp³-hybridized carbons (Fsp3) is 0.500. The van der Waals surface area contributed by atoms with Crippen molar-refractivity contribution in [3.63, 3.8) is 0 Å². The van der Waals surface area contributed by atoms with Crippen LogP contribution < -0.4 is 19.8 Å². The summed E-state index contributed by atoms with van der Waals surface area (Å²) in [7, 11) is 6.35. The predicted octanol–water partition coefficient (Wildman–Crippen LogP) is 5.88. The second-order valence-electron chi connectivity index (χ2n) is 12.0. The van der Waals surface area contributed by atoms with E-state index in [0.29, 0.717) is 22.8 Å². The molecule has 4 heterocycles. The summed E-state index contributed by atoms with van der Waals surface area (Å²) >= 11 is 8.30. The second kappa shape index (κ2) is 13.5. The van der Waals surface area contributed by atoms with Crippen LogP contribution in [-0.4, -0.2) is 97.1 Å². The maximum absolute atomic E-state index is 6.60. The zero-order chi connectivity index (χ0) is 29.9. The summed E-state index contributed by atoms with van der Waals surface area (Å²) in [6.07, 6.45) is 6.06. The van der Waals surface area contributed by atoms with Crippen LogP contribution in [0.1, 0.15) is 30.9 Å². The van der Waals surface area contributed by atoms with Gasteiger partial charge in [0.1, 0.15) is 5.02 Å². The number of piperidine rings is 1. The van der Waals surface area contributed by atoms with Crippen LogP contribution in [0.3, 0.4) is 0 Å². The predicted molar refractivity (Wildman–Crippen MR) is 183 cm³/mol. The number of nitrogens with zero attached hydrogens (tertiary/aromatic N) is 7. The van der Waals surface area contributed by atoms with Crippen molar-refractivity contribution in [3.8, 4) is 0 Å². The van der Waals surface area contributed by atoms with Gasteiger partial charge in [0.2, 0.25) is 5.95 Å². The fourth-order valence-electron chi connectivity index (χ4n) is 6.43. The molecule has 43 heavy (non-hydrogen) atoms. The number of nitrogens with one attached hydrogen (secondary N) is 2. The Labute approximate surface area is 265 Å². The van der Waals surface area contributed by atoms with Crippen LogP contribution in [-0.2, 0) is 12.8 Å². The maximum Gasteiger partial charge on any atom is 0.229 e. The van der Waals surface area contributed by atoms with Crippen LogP contribution in [0, 0.1) is 0 Å². The van der Waals surface area contributed by atoms with Crippen molar-refractivity contribution < 1.29 is 0 Å². The summed E-state index contributed by atoms with van der Waals surface area (Å²) in [6.45, 7) is 10.2. The highest BCUT2D eigenvalue weighted by Crippen LogP contribution is 2.41. The van der Waals surface area contributed by atoms with Gasteiger partial charge in [-0.3, -0.25) is 4.90 Å². The van der Waals surface area contributed by atoms with Gasteiger partial charge in [0, 0.05) is 75.4 Å². The molecule has 2 N–H and O–H groups in total. The zero-order valence-corrected chi connectivity index (χ0v) is 27.4. The van der Waals surface area contributed by atoms with Crippen molar-refractivity contribution in [2.45, 2.75) is 38.6 Å². The summed E-state index contributed by atoms with van der Waals surface area (Å²) in [5.74, 6) is 1.11. The van der Waals surface area contributed by atoms with Gasteiger partial charge in [-0.1, -0.05) is 30.7 Å². The molecule has 0 atom stereocenters. The lowest BCUT2D eigenvalue weighted by atomic mass is 10.0. The Hall–Kier alpha value is -2.76. The van der Waals surface area contributed by atoms with Gasteiger partial charge in [-0.2, -0.15) is 4.98 Å². The van der Waals surface area contributed by atoms with Crippen molar-refractivity contribution in [1.29, 1.82) is 0 Å². The summed E-state index contributed by atoms with van der Waals surface area (Å²) in [5, 5.41) is 7.46. The highest BCUT2D eigenvalue weighted by atomic mass is 35.5. The standard InChI is InChI=1S/C32H44ClN9S/c1-5-23-21-26(40-14-12-25(13-15-40)41-19-17-39(4)18-20-41)9-10-28(23)36-32-34-22-27(33)31(37-32)35-29-8-6-7-24-11-16-42(30(24)29)43-38(2)3/h6-10,21-22,25H,5,11-20H2,1-4H3,(H2,34,35,36,37). The van der Waals surface area contributed by atoms with E-state index in [1.54, 1.807) is 18.3 Å². The number of aryl methyl sites for hydroxylation is 1. The zero-order valence-electron chi connectivity index (χ0n) is 25.8. The Bertz CT molecular complexity index is 1400. The minimum Gasteiger partial charge on any atom is -0.371 e. The summed E-state index contributed by atoms with van der Waals surface area (Å²) in [4.78, 5) is 17.0. The lowest BCUT2D eigenvalue weighted by molar-refractivity contribution is 0.0982. The average Bonchev–Trinajstić information content (AvgIpc) is 3.42. The first-order valence-corrected chi connectivity index (χ1v) is 16.6. The molecule has 230 valence electrons. The Morgan fingerprint density at radius 2 is 1.77 bits per heavy atom. The second-order valence-corrected chi connectivity index (χ2v) is 13.7. The topological polar surface area (TPSA) is 66.0 Å². The third kappa shape index (κ3) is 6.99. The first-order chi connectivity index (χ1) is 20.9. The van der Waals surface area contributed by atoms with Crippen molar-refractivity contribution in [2.75, 3.05) is 86.8 Å². The van der Waals surface area contributed by atoms with E-state index < -0.39 is 0 Å². The number of piperazine rings is 1. The molecule has 3 aliphatic heterocycles. The van der Waals surface area contributed by atoms with Gasteiger partial charge in [-0.05, 0) is 82.2 Å². The highest BCUT2D eigenvalue weighted by Gasteiger charge is 2.27. The number of aromatic nitrogens is 2. The van der Waals surface area contributed by atoms with E-state index >= 15 is 0 Å². The van der Waals surface area contributed by atoms with Crippen LogP contribution >= 0.6 is 23.7 Å². The third-order valence-electron chi connectivity index (χ3n) is 8.81. The molecule has 3 aliphatic rings. The van der Waals surface area contributed by atoms with Crippen molar-refractivity contribution in [3.05, 3.63) is 58.7 Å². The van der Waals surface area contributed by atoms with Gasteiger partial charge in [0.25, 0.3) is 0 Å². The Morgan fingerprint density at radius 3 is 2.51 bits per heavy atom. The van der Waals surface area contributed by atoms with Crippen molar-refractivity contribution in [1.82, 2.24) is 24.1 Å². The summed E-state index contributed by atoms with van der Waals surface area (Å²) < 4.78 is 4.43. The largest absolute Gasteiger partial charge is 0.371 e. The van der Waals surface area contributed by atoms with Gasteiger partial charge < -0.3 is 24.7 Å². The molecule has 0 saturated carbocycles. The van der Waals surface area contributed by atoms with Crippen molar-refractivity contribution in [2.24, 2.45) is 0 Å². The lowest BCUT2D eigenvalue weighted by Crippen LogP contribution is -2.52. The molecule has 3 aromatic rings. The number of halogens is 1. The molecule has 2 fully saturated rings. The van der Waals surface area contributed by atoms with E-state index in [2.05, 4.69) is 103 Å². The number of rotatable bonds is 9. The molecule has 0 unspecified atom stereocenters. The smallest absolute Gasteiger partial charge is 0.229 e. The normalized spacial score (nSPS) is 18.4. The first kappa shape index (κ1) is 30.3. The minimum absolute atomic E-state index is 0.485. The van der Waals surface area contributed by atoms with Crippen LogP contribution in [0.25, 0.3) is 0 Å². The highest BCUT2D eigenvalue weighted by molar-refractivity contribution is 7.98. The fourth-order valence-corrected chi connectivity index (χ4v) is 7.43. The molecule has 0 amide bonds. The summed E-state index contributed by atoms with van der Waals surface area (Å²) in [6, 6.07) is 13.8. The molecule has 2 aromatic carbocycles. The number of benzene rings is 2. The Balaban J connectivity index is 1.14.